The number of hydrogen-bond acceptors (Lipinski definition) is 3. The topological polar surface area (TPSA) is 60.2 Å². The van der Waals surface area contributed by atoms with E-state index in [9.17, 15) is 9.59 Å². The third-order valence-electron chi connectivity index (χ3n) is 5.28. The highest BCUT2D eigenvalue weighted by atomic mass is 16.2. The standard InChI is InChI=1S/C23H27NO2/c1-13(2)16-10-9-14(3)11-19(16)22(25)21-18-8-6-5-7-17(18)20(23(21)26)12-15(4)24/h5-11,13,15,20-21H,12,24H2,1-4H3/t15-,20?,21?/m1/s1. The highest BCUT2D eigenvalue weighted by Crippen LogP contribution is 2.43. The minimum Gasteiger partial charge on any atom is -0.328 e. The Labute approximate surface area is 155 Å². The Hall–Kier alpha value is -2.26. The van der Waals surface area contributed by atoms with Gasteiger partial charge >= 0.3 is 0 Å². The first-order chi connectivity index (χ1) is 12.3. The lowest BCUT2D eigenvalue weighted by atomic mass is 9.85. The molecule has 26 heavy (non-hydrogen) atoms. The molecule has 0 saturated carbocycles. The molecule has 1 aliphatic rings. The van der Waals surface area contributed by atoms with Crippen LogP contribution in [0.5, 0.6) is 0 Å². The van der Waals surface area contributed by atoms with Crippen molar-refractivity contribution < 1.29 is 9.59 Å². The summed E-state index contributed by atoms with van der Waals surface area (Å²) < 4.78 is 0. The van der Waals surface area contributed by atoms with Crippen LogP contribution in [0, 0.1) is 6.92 Å². The van der Waals surface area contributed by atoms with Crippen LogP contribution in [0.4, 0.5) is 0 Å². The van der Waals surface area contributed by atoms with E-state index in [0.29, 0.717) is 12.0 Å². The molecule has 0 spiro atoms. The Morgan fingerprint density at radius 3 is 2.35 bits per heavy atom. The molecule has 2 unspecified atom stereocenters. The fraction of sp³-hybridized carbons (Fsp3) is 0.391. The molecule has 0 bridgehead atoms. The van der Waals surface area contributed by atoms with Crippen molar-refractivity contribution in [3.63, 3.8) is 0 Å². The predicted octanol–water partition coefficient (Wildman–Crippen LogP) is 4.49. The van der Waals surface area contributed by atoms with Crippen LogP contribution < -0.4 is 5.73 Å². The maximum absolute atomic E-state index is 13.5. The fourth-order valence-electron chi connectivity index (χ4n) is 4.03. The second-order valence-electron chi connectivity index (χ2n) is 7.84. The molecule has 0 amide bonds. The van der Waals surface area contributed by atoms with Gasteiger partial charge in [-0.05, 0) is 48.9 Å². The van der Waals surface area contributed by atoms with Gasteiger partial charge in [0.25, 0.3) is 0 Å². The van der Waals surface area contributed by atoms with E-state index >= 15 is 0 Å². The summed E-state index contributed by atoms with van der Waals surface area (Å²) in [5.74, 6) is -0.866. The van der Waals surface area contributed by atoms with Crippen molar-refractivity contribution in [2.24, 2.45) is 5.73 Å². The Morgan fingerprint density at radius 1 is 1.08 bits per heavy atom. The van der Waals surface area contributed by atoms with Crippen LogP contribution in [0.1, 0.15) is 77.6 Å². The van der Waals surface area contributed by atoms with Crippen molar-refractivity contribution in [2.75, 3.05) is 0 Å². The molecule has 1 aliphatic carbocycles. The molecule has 2 aromatic rings. The number of aryl methyl sites for hydroxylation is 1. The zero-order valence-corrected chi connectivity index (χ0v) is 16.0. The first-order valence-corrected chi connectivity index (χ1v) is 9.34. The van der Waals surface area contributed by atoms with E-state index < -0.39 is 5.92 Å². The van der Waals surface area contributed by atoms with Gasteiger partial charge < -0.3 is 5.73 Å². The number of rotatable bonds is 5. The molecule has 0 radical (unpaired) electrons. The van der Waals surface area contributed by atoms with Gasteiger partial charge in [0.1, 0.15) is 5.92 Å². The summed E-state index contributed by atoms with van der Waals surface area (Å²) in [7, 11) is 0. The van der Waals surface area contributed by atoms with E-state index in [1.807, 2.05) is 56.3 Å². The van der Waals surface area contributed by atoms with E-state index in [-0.39, 0.29) is 29.4 Å². The maximum atomic E-state index is 13.5. The van der Waals surface area contributed by atoms with Gasteiger partial charge in [0, 0.05) is 17.5 Å². The van der Waals surface area contributed by atoms with Crippen molar-refractivity contribution in [2.45, 2.75) is 57.9 Å². The SMILES string of the molecule is Cc1ccc(C(C)C)c(C(=O)C2C(=O)C(C[C@@H](C)N)c3ccccc32)c1. The first-order valence-electron chi connectivity index (χ1n) is 9.34. The van der Waals surface area contributed by atoms with E-state index in [0.717, 1.165) is 22.3 Å². The zero-order chi connectivity index (χ0) is 19.0. The number of carbonyl (C=O) groups is 2. The summed E-state index contributed by atoms with van der Waals surface area (Å²) in [5.41, 5.74) is 10.5. The van der Waals surface area contributed by atoms with E-state index in [4.69, 9.17) is 5.73 Å². The Morgan fingerprint density at radius 2 is 1.73 bits per heavy atom. The molecule has 0 heterocycles. The number of Topliss-reactive ketones (excluding diaryl/α,β-unsaturated/α-hetero) is 2. The summed E-state index contributed by atoms with van der Waals surface area (Å²) >= 11 is 0. The molecule has 3 nitrogen and oxygen atoms in total. The largest absolute Gasteiger partial charge is 0.328 e. The lowest BCUT2D eigenvalue weighted by Crippen LogP contribution is -2.25. The summed E-state index contributed by atoms with van der Waals surface area (Å²) in [5, 5.41) is 0. The Bertz CT molecular complexity index is 851. The highest BCUT2D eigenvalue weighted by Gasteiger charge is 2.43. The second-order valence-corrected chi connectivity index (χ2v) is 7.84. The molecule has 0 fully saturated rings. The number of hydrogen-bond donors (Lipinski definition) is 1. The van der Waals surface area contributed by atoms with Gasteiger partial charge in [0.15, 0.2) is 11.6 Å². The van der Waals surface area contributed by atoms with Crippen molar-refractivity contribution in [1.82, 2.24) is 0 Å². The number of nitrogens with two attached hydrogens (primary N) is 1. The molecule has 3 atom stereocenters. The van der Waals surface area contributed by atoms with Gasteiger partial charge in [-0.3, -0.25) is 9.59 Å². The van der Waals surface area contributed by atoms with Crippen molar-refractivity contribution >= 4 is 11.6 Å². The first kappa shape index (κ1) is 18.5. The summed E-state index contributed by atoms with van der Waals surface area (Å²) in [6.45, 7) is 8.03. The van der Waals surface area contributed by atoms with E-state index in [1.54, 1.807) is 0 Å². The average molecular weight is 349 g/mol. The smallest absolute Gasteiger partial charge is 0.178 e. The van der Waals surface area contributed by atoms with Crippen LogP contribution in [0.15, 0.2) is 42.5 Å². The predicted molar refractivity (Wildman–Crippen MR) is 105 cm³/mol. The van der Waals surface area contributed by atoms with Gasteiger partial charge in [-0.25, -0.2) is 0 Å². The lowest BCUT2D eigenvalue weighted by Gasteiger charge is -2.17. The van der Waals surface area contributed by atoms with Crippen LogP contribution in [0.25, 0.3) is 0 Å². The molecule has 0 aromatic heterocycles. The minimum absolute atomic E-state index is 0.00953. The van der Waals surface area contributed by atoms with Gasteiger partial charge in [-0.1, -0.05) is 55.8 Å². The van der Waals surface area contributed by atoms with Crippen LogP contribution in [-0.4, -0.2) is 17.6 Å². The number of ketones is 2. The fourth-order valence-corrected chi connectivity index (χ4v) is 4.03. The monoisotopic (exact) mass is 349 g/mol. The van der Waals surface area contributed by atoms with Gasteiger partial charge in [0.05, 0.1) is 0 Å². The Kier molecular flexibility index (Phi) is 5.10. The third-order valence-corrected chi connectivity index (χ3v) is 5.28. The summed E-state index contributed by atoms with van der Waals surface area (Å²) in [6.07, 6.45) is 0.574. The quantitative estimate of drug-likeness (QED) is 0.639. The average Bonchev–Trinajstić information content (AvgIpc) is 2.85. The minimum atomic E-state index is -0.714. The number of carbonyl (C=O) groups excluding carboxylic acids is 2. The summed E-state index contributed by atoms with van der Waals surface area (Å²) in [4.78, 5) is 26.7. The second kappa shape index (κ2) is 7.16. The highest BCUT2D eigenvalue weighted by molar-refractivity contribution is 6.19. The maximum Gasteiger partial charge on any atom is 0.178 e. The van der Waals surface area contributed by atoms with Crippen LogP contribution >= 0.6 is 0 Å². The molecule has 0 aliphatic heterocycles. The number of benzene rings is 2. The van der Waals surface area contributed by atoms with Gasteiger partial charge in [-0.2, -0.15) is 0 Å². The molecule has 136 valence electrons. The van der Waals surface area contributed by atoms with Crippen LogP contribution in [0.3, 0.4) is 0 Å². The summed E-state index contributed by atoms with van der Waals surface area (Å²) in [6, 6.07) is 13.6. The van der Waals surface area contributed by atoms with Crippen molar-refractivity contribution in [1.29, 1.82) is 0 Å². The molecule has 2 N–H and O–H groups in total. The molecule has 3 heteroatoms. The van der Waals surface area contributed by atoms with Crippen LogP contribution in [-0.2, 0) is 4.79 Å². The van der Waals surface area contributed by atoms with Crippen molar-refractivity contribution in [3.05, 3.63) is 70.3 Å². The molecule has 2 aromatic carbocycles. The van der Waals surface area contributed by atoms with Crippen LogP contribution in [0.2, 0.25) is 0 Å². The molecule has 3 rings (SSSR count). The Balaban J connectivity index is 2.08. The third kappa shape index (κ3) is 3.24. The lowest BCUT2D eigenvalue weighted by molar-refractivity contribution is -0.120. The normalized spacial score (nSPS) is 20.3. The molecular formula is C23H27NO2. The van der Waals surface area contributed by atoms with Crippen molar-refractivity contribution in [3.8, 4) is 0 Å². The zero-order valence-electron chi connectivity index (χ0n) is 16.0. The van der Waals surface area contributed by atoms with Gasteiger partial charge in [0.2, 0.25) is 0 Å². The van der Waals surface area contributed by atoms with E-state index in [2.05, 4.69) is 13.8 Å². The molecule has 0 saturated heterocycles. The van der Waals surface area contributed by atoms with E-state index in [1.165, 1.54) is 0 Å². The van der Waals surface area contributed by atoms with Gasteiger partial charge in [-0.15, -0.1) is 0 Å². The molecular weight excluding hydrogens is 322 g/mol. The number of fused-ring (bicyclic) bond motifs is 1.